The molecule has 1 fully saturated rings. The van der Waals surface area contributed by atoms with Crippen molar-refractivity contribution in [3.8, 4) is 0 Å². The highest BCUT2D eigenvalue weighted by atomic mass is 16.5. The summed E-state index contributed by atoms with van der Waals surface area (Å²) in [5.41, 5.74) is 3.22. The van der Waals surface area contributed by atoms with Gasteiger partial charge in [-0.25, -0.2) is 14.8 Å². The van der Waals surface area contributed by atoms with Crippen LogP contribution in [0.2, 0.25) is 0 Å². The Bertz CT molecular complexity index is 800. The highest BCUT2D eigenvalue weighted by Crippen LogP contribution is 2.28. The Balaban J connectivity index is 1.57. The van der Waals surface area contributed by atoms with Crippen LogP contribution in [0, 0.1) is 6.92 Å². The molecule has 0 bridgehead atoms. The van der Waals surface area contributed by atoms with Gasteiger partial charge >= 0.3 is 6.03 Å². The van der Waals surface area contributed by atoms with Gasteiger partial charge in [0.25, 0.3) is 0 Å². The fourth-order valence-corrected chi connectivity index (χ4v) is 3.76. The van der Waals surface area contributed by atoms with E-state index in [9.17, 15) is 4.79 Å². The maximum absolute atomic E-state index is 12.7. The summed E-state index contributed by atoms with van der Waals surface area (Å²) in [4.78, 5) is 23.7. The third kappa shape index (κ3) is 6.50. The standard InChI is InChI=1S/C23H32N4O3/c1-18-25-15-21(17-30-14-13-29-2)22(26-18)20-9-6-12-27(16-20)23(28)24-11-10-19-7-4-3-5-8-19/h3-5,7-8,15,20H,6,9-14,16-17H2,1-2H3,(H,24,28). The lowest BCUT2D eigenvalue weighted by Gasteiger charge is -2.33. The number of hydrogen-bond donors (Lipinski definition) is 1. The summed E-state index contributed by atoms with van der Waals surface area (Å²) in [6, 6.07) is 10.2. The number of carbonyl (C=O) groups is 1. The highest BCUT2D eigenvalue weighted by molar-refractivity contribution is 5.74. The molecule has 1 aliphatic rings. The van der Waals surface area contributed by atoms with Gasteiger partial charge in [-0.15, -0.1) is 0 Å². The zero-order valence-electron chi connectivity index (χ0n) is 18.0. The molecule has 1 aliphatic heterocycles. The first kappa shape index (κ1) is 22.2. The molecule has 1 N–H and O–H groups in total. The Morgan fingerprint density at radius 2 is 2.10 bits per heavy atom. The molecule has 30 heavy (non-hydrogen) atoms. The number of piperidine rings is 1. The Morgan fingerprint density at radius 1 is 1.27 bits per heavy atom. The van der Waals surface area contributed by atoms with E-state index in [1.807, 2.05) is 36.2 Å². The normalized spacial score (nSPS) is 16.5. The SMILES string of the molecule is COCCOCc1cnc(C)nc1C1CCCN(C(=O)NCCc2ccccc2)C1. The van der Waals surface area contributed by atoms with E-state index >= 15 is 0 Å². The number of amides is 2. The molecule has 2 amide bonds. The van der Waals surface area contributed by atoms with E-state index in [2.05, 4.69) is 22.4 Å². The summed E-state index contributed by atoms with van der Waals surface area (Å²) >= 11 is 0. The molecule has 1 unspecified atom stereocenters. The first-order valence-corrected chi connectivity index (χ1v) is 10.6. The van der Waals surface area contributed by atoms with Gasteiger partial charge in [-0.3, -0.25) is 0 Å². The van der Waals surface area contributed by atoms with Crippen LogP contribution in [0.3, 0.4) is 0 Å². The zero-order chi connectivity index (χ0) is 21.2. The van der Waals surface area contributed by atoms with Crippen molar-refractivity contribution in [3.05, 3.63) is 59.2 Å². The number of methoxy groups -OCH3 is 1. The van der Waals surface area contributed by atoms with Crippen LogP contribution >= 0.6 is 0 Å². The predicted octanol–water partition coefficient (Wildman–Crippen LogP) is 3.08. The number of ether oxygens (including phenoxy) is 2. The molecule has 7 nitrogen and oxygen atoms in total. The van der Waals surface area contributed by atoms with Gasteiger partial charge in [0.15, 0.2) is 0 Å². The maximum Gasteiger partial charge on any atom is 0.317 e. The number of nitrogens with zero attached hydrogens (tertiary/aromatic N) is 3. The fourth-order valence-electron chi connectivity index (χ4n) is 3.76. The molecule has 162 valence electrons. The Kier molecular flexibility index (Phi) is 8.59. The van der Waals surface area contributed by atoms with Crippen molar-refractivity contribution in [1.29, 1.82) is 0 Å². The van der Waals surface area contributed by atoms with Gasteiger partial charge in [0.2, 0.25) is 0 Å². The lowest BCUT2D eigenvalue weighted by atomic mass is 9.92. The smallest absolute Gasteiger partial charge is 0.317 e. The van der Waals surface area contributed by atoms with Gasteiger partial charge in [0.1, 0.15) is 5.82 Å². The lowest BCUT2D eigenvalue weighted by molar-refractivity contribution is 0.0607. The third-order valence-electron chi connectivity index (χ3n) is 5.34. The minimum atomic E-state index is -0.000645. The summed E-state index contributed by atoms with van der Waals surface area (Å²) in [5.74, 6) is 0.941. The number of hydrogen-bond acceptors (Lipinski definition) is 5. The molecule has 0 aliphatic carbocycles. The van der Waals surface area contributed by atoms with E-state index in [-0.39, 0.29) is 11.9 Å². The summed E-state index contributed by atoms with van der Waals surface area (Å²) in [5, 5.41) is 3.06. The van der Waals surface area contributed by atoms with Gasteiger partial charge in [-0.2, -0.15) is 0 Å². The van der Waals surface area contributed by atoms with E-state index in [1.165, 1.54) is 5.56 Å². The third-order valence-corrected chi connectivity index (χ3v) is 5.34. The second-order valence-corrected chi connectivity index (χ2v) is 7.63. The van der Waals surface area contributed by atoms with Crippen LogP contribution in [0.5, 0.6) is 0 Å². The molecule has 7 heteroatoms. The van der Waals surface area contributed by atoms with Crippen LogP contribution in [-0.4, -0.2) is 60.9 Å². The lowest BCUT2D eigenvalue weighted by Crippen LogP contribution is -2.45. The van der Waals surface area contributed by atoms with Gasteiger partial charge in [-0.1, -0.05) is 30.3 Å². The Labute approximate surface area is 178 Å². The minimum Gasteiger partial charge on any atom is -0.382 e. The van der Waals surface area contributed by atoms with E-state index in [0.717, 1.165) is 42.9 Å². The van der Waals surface area contributed by atoms with E-state index in [4.69, 9.17) is 14.5 Å². The molecule has 1 aromatic heterocycles. The summed E-state index contributed by atoms with van der Waals surface area (Å²) in [6.45, 7) is 5.52. The van der Waals surface area contributed by atoms with E-state index < -0.39 is 0 Å². The van der Waals surface area contributed by atoms with Gasteiger partial charge in [0.05, 0.1) is 25.5 Å². The van der Waals surface area contributed by atoms with Crippen LogP contribution in [-0.2, 0) is 22.5 Å². The Morgan fingerprint density at radius 3 is 2.90 bits per heavy atom. The number of rotatable bonds is 9. The van der Waals surface area contributed by atoms with Crippen molar-refractivity contribution >= 4 is 6.03 Å². The summed E-state index contributed by atoms with van der Waals surface area (Å²) < 4.78 is 10.7. The first-order valence-electron chi connectivity index (χ1n) is 10.6. The number of benzene rings is 1. The monoisotopic (exact) mass is 412 g/mol. The van der Waals surface area contributed by atoms with Crippen LogP contribution in [0.15, 0.2) is 36.5 Å². The second-order valence-electron chi connectivity index (χ2n) is 7.63. The molecule has 1 aromatic carbocycles. The van der Waals surface area contributed by atoms with E-state index in [0.29, 0.717) is 32.9 Å². The first-order chi connectivity index (χ1) is 14.7. The maximum atomic E-state index is 12.7. The van der Waals surface area contributed by atoms with Crippen molar-refractivity contribution in [2.24, 2.45) is 0 Å². The van der Waals surface area contributed by atoms with Gasteiger partial charge in [-0.05, 0) is 31.7 Å². The largest absolute Gasteiger partial charge is 0.382 e. The van der Waals surface area contributed by atoms with Crippen molar-refractivity contribution in [3.63, 3.8) is 0 Å². The van der Waals surface area contributed by atoms with Gasteiger partial charge < -0.3 is 19.7 Å². The average Bonchev–Trinajstić information content (AvgIpc) is 2.78. The molecular formula is C23H32N4O3. The van der Waals surface area contributed by atoms with Crippen LogP contribution in [0.4, 0.5) is 4.79 Å². The second kappa shape index (κ2) is 11.6. The van der Waals surface area contributed by atoms with Crippen LogP contribution in [0.25, 0.3) is 0 Å². The number of likely N-dealkylation sites (tertiary alicyclic amines) is 1. The Hall–Kier alpha value is -2.51. The average molecular weight is 413 g/mol. The van der Waals surface area contributed by atoms with Crippen molar-refractivity contribution in [1.82, 2.24) is 20.2 Å². The molecule has 3 rings (SSSR count). The van der Waals surface area contributed by atoms with Gasteiger partial charge in [0, 0.05) is 44.4 Å². The van der Waals surface area contributed by atoms with Crippen molar-refractivity contribution < 1.29 is 14.3 Å². The predicted molar refractivity (Wildman–Crippen MR) is 115 cm³/mol. The number of aromatic nitrogens is 2. The molecule has 0 spiro atoms. The number of nitrogens with one attached hydrogen (secondary N) is 1. The molecular weight excluding hydrogens is 380 g/mol. The highest BCUT2D eigenvalue weighted by Gasteiger charge is 2.27. The number of urea groups is 1. The van der Waals surface area contributed by atoms with Crippen molar-refractivity contribution in [2.75, 3.05) is 40.0 Å². The fraction of sp³-hybridized carbons (Fsp3) is 0.522. The molecule has 1 saturated heterocycles. The number of carbonyl (C=O) groups excluding carboxylic acids is 1. The number of aryl methyl sites for hydroxylation is 1. The zero-order valence-corrected chi connectivity index (χ0v) is 18.0. The van der Waals surface area contributed by atoms with E-state index in [1.54, 1.807) is 7.11 Å². The molecule has 1 atom stereocenters. The van der Waals surface area contributed by atoms with Crippen LogP contribution < -0.4 is 5.32 Å². The minimum absolute atomic E-state index is 0.000645. The van der Waals surface area contributed by atoms with Crippen molar-refractivity contribution in [2.45, 2.75) is 38.7 Å². The molecule has 2 aromatic rings. The summed E-state index contributed by atoms with van der Waals surface area (Å²) in [7, 11) is 1.66. The molecule has 0 radical (unpaired) electrons. The molecule has 0 saturated carbocycles. The molecule has 2 heterocycles. The summed E-state index contributed by atoms with van der Waals surface area (Å²) in [6.07, 6.45) is 4.65. The topological polar surface area (TPSA) is 76.6 Å². The quantitative estimate of drug-likeness (QED) is 0.641. The van der Waals surface area contributed by atoms with Crippen LogP contribution in [0.1, 0.15) is 41.4 Å².